The van der Waals surface area contributed by atoms with Crippen LogP contribution in [0, 0.1) is 5.82 Å². The van der Waals surface area contributed by atoms with Crippen LogP contribution in [-0.4, -0.2) is 78.2 Å². The highest BCUT2D eigenvalue weighted by Gasteiger charge is 2.35. The van der Waals surface area contributed by atoms with Crippen LogP contribution in [0.15, 0.2) is 54.7 Å². The van der Waals surface area contributed by atoms with Crippen molar-refractivity contribution in [1.29, 1.82) is 0 Å². The average molecular weight is 609 g/mol. The fourth-order valence-corrected chi connectivity index (χ4v) is 5.49. The molecule has 1 aromatic heterocycles. The van der Waals surface area contributed by atoms with Crippen molar-refractivity contribution in [3.8, 4) is 0 Å². The number of carbonyl (C=O) groups is 3. The number of nitrogens with two attached hydrogens (primary N) is 1. The summed E-state index contributed by atoms with van der Waals surface area (Å²) in [5, 5.41) is 6.83. The first kappa shape index (κ1) is 32.8. The lowest BCUT2D eigenvalue weighted by Crippen LogP contribution is -2.58. The van der Waals surface area contributed by atoms with Gasteiger partial charge >= 0.3 is 12.0 Å². The Morgan fingerprint density at radius 3 is 2.34 bits per heavy atom. The van der Waals surface area contributed by atoms with Gasteiger partial charge in [0.05, 0.1) is 0 Å². The molecule has 3 aromatic rings. The van der Waals surface area contributed by atoms with Crippen LogP contribution in [-0.2, 0) is 14.3 Å². The molecular formula is C33H45FN6O4. The van der Waals surface area contributed by atoms with Gasteiger partial charge in [0, 0.05) is 54.9 Å². The number of halogens is 1. The van der Waals surface area contributed by atoms with Gasteiger partial charge in [-0.25, -0.2) is 14.0 Å². The fraction of sp³-hybridized carbons (Fsp3) is 0.485. The topological polar surface area (TPSA) is 133 Å². The van der Waals surface area contributed by atoms with Crippen LogP contribution in [0.4, 0.5) is 14.9 Å². The molecule has 238 valence electrons. The minimum atomic E-state index is -0.976. The Bertz CT molecular complexity index is 1410. The van der Waals surface area contributed by atoms with Crippen molar-refractivity contribution in [3.63, 3.8) is 0 Å². The second-order valence-electron chi connectivity index (χ2n) is 12.3. The van der Waals surface area contributed by atoms with Gasteiger partial charge in [-0.05, 0) is 82.5 Å². The summed E-state index contributed by atoms with van der Waals surface area (Å²) in [7, 11) is 0. The van der Waals surface area contributed by atoms with Crippen molar-refractivity contribution >= 4 is 34.5 Å². The summed E-state index contributed by atoms with van der Waals surface area (Å²) in [6.45, 7) is 9.69. The number of aromatic nitrogens is 1. The lowest BCUT2D eigenvalue weighted by molar-refractivity contribution is -0.159. The van der Waals surface area contributed by atoms with E-state index in [1.807, 2.05) is 37.4 Å². The van der Waals surface area contributed by atoms with Crippen molar-refractivity contribution in [1.82, 2.24) is 20.5 Å². The number of esters is 1. The minimum absolute atomic E-state index is 0.298. The maximum absolute atomic E-state index is 14.0. The van der Waals surface area contributed by atoms with E-state index in [9.17, 15) is 18.8 Å². The number of fused-ring (bicyclic) bond motifs is 1. The maximum atomic E-state index is 14.0. The van der Waals surface area contributed by atoms with E-state index in [-0.39, 0.29) is 11.8 Å². The summed E-state index contributed by atoms with van der Waals surface area (Å²) < 4.78 is 19.0. The number of nitrogens with zero attached hydrogens (tertiary/aromatic N) is 2. The molecule has 2 aromatic carbocycles. The summed E-state index contributed by atoms with van der Waals surface area (Å²) in [6, 6.07) is 11.8. The average Bonchev–Trinajstić information content (AvgIpc) is 3.43. The Hall–Kier alpha value is -4.12. The third-order valence-corrected chi connectivity index (χ3v) is 7.89. The Morgan fingerprint density at radius 1 is 1.00 bits per heavy atom. The van der Waals surface area contributed by atoms with Crippen LogP contribution in [0.2, 0.25) is 0 Å². The second-order valence-corrected chi connectivity index (χ2v) is 12.3. The third kappa shape index (κ3) is 8.49. The predicted octanol–water partition coefficient (Wildman–Crippen LogP) is 4.27. The zero-order chi connectivity index (χ0) is 31.9. The number of hydrogen-bond acceptors (Lipinski definition) is 6. The number of para-hydroxylation sites is 1. The van der Waals surface area contributed by atoms with Crippen LogP contribution in [0.3, 0.4) is 0 Å². The van der Waals surface area contributed by atoms with E-state index < -0.39 is 35.5 Å². The van der Waals surface area contributed by atoms with Crippen LogP contribution >= 0.6 is 0 Å². The monoisotopic (exact) mass is 608 g/mol. The highest BCUT2D eigenvalue weighted by molar-refractivity contribution is 5.92. The standard InChI is InChI=1S/C33H45FN6O4/c1-22(26-21-36-27-10-6-5-9-25(26)27)29(30(41)37-28(11-7-8-16-35)31(42)44-33(2,3)4)38-32(43)40-19-17-39(18-20-40)24-14-12-23(34)13-15-24/h5-6,9-10,12-15,21-22,28-29,36H,7-8,11,16-20,35H2,1-4H3,(H,37,41)(H,38,43)/t22-,28?,29+/m0/s1. The number of amides is 3. The first-order valence-corrected chi connectivity index (χ1v) is 15.3. The SMILES string of the molecule is C[C@@H](c1c[nH]c2ccccc12)[C@@H](NC(=O)N1CCN(c2ccc(F)cc2)CC1)C(=O)NC(CCCCN)C(=O)OC(C)(C)C. The van der Waals surface area contributed by atoms with Gasteiger partial charge in [0.25, 0.3) is 0 Å². The molecule has 1 fully saturated rings. The van der Waals surface area contributed by atoms with Crippen molar-refractivity contribution in [2.24, 2.45) is 5.73 Å². The Morgan fingerprint density at radius 2 is 1.68 bits per heavy atom. The smallest absolute Gasteiger partial charge is 0.329 e. The number of carbonyl (C=O) groups excluding carboxylic acids is 3. The summed E-state index contributed by atoms with van der Waals surface area (Å²) in [4.78, 5) is 47.7. The molecule has 0 bridgehead atoms. The van der Waals surface area contributed by atoms with Gasteiger partial charge in [-0.3, -0.25) is 4.79 Å². The number of urea groups is 1. The second kappa shape index (κ2) is 14.6. The molecule has 44 heavy (non-hydrogen) atoms. The minimum Gasteiger partial charge on any atom is -0.458 e. The highest BCUT2D eigenvalue weighted by atomic mass is 19.1. The zero-order valence-corrected chi connectivity index (χ0v) is 26.1. The molecule has 1 aliphatic heterocycles. The molecule has 0 saturated carbocycles. The zero-order valence-electron chi connectivity index (χ0n) is 26.1. The molecule has 1 unspecified atom stereocenters. The number of hydrogen-bond donors (Lipinski definition) is 4. The first-order valence-electron chi connectivity index (χ1n) is 15.3. The number of aromatic amines is 1. The number of unbranched alkanes of at least 4 members (excludes halogenated alkanes) is 1. The van der Waals surface area contributed by atoms with Crippen LogP contribution in [0.1, 0.15) is 58.4 Å². The summed E-state index contributed by atoms with van der Waals surface area (Å²) in [6.07, 6.45) is 3.56. The Labute approximate surface area is 258 Å². The lowest BCUT2D eigenvalue weighted by Gasteiger charge is -2.37. The van der Waals surface area contributed by atoms with Gasteiger partial charge in [0.15, 0.2) is 0 Å². The first-order chi connectivity index (χ1) is 21.0. The molecule has 10 nitrogen and oxygen atoms in total. The number of rotatable bonds is 11. The van der Waals surface area contributed by atoms with E-state index in [2.05, 4.69) is 20.5 Å². The number of ether oxygens (including phenoxy) is 1. The number of nitrogens with one attached hydrogen (secondary N) is 3. The largest absolute Gasteiger partial charge is 0.458 e. The van der Waals surface area contributed by atoms with Crippen molar-refractivity contribution in [3.05, 3.63) is 66.1 Å². The van der Waals surface area contributed by atoms with Crippen LogP contribution in [0.25, 0.3) is 10.9 Å². The summed E-state index contributed by atoms with van der Waals surface area (Å²) >= 11 is 0. The summed E-state index contributed by atoms with van der Waals surface area (Å²) in [5.41, 5.74) is 7.63. The molecule has 11 heteroatoms. The van der Waals surface area contributed by atoms with Gasteiger partial charge in [-0.2, -0.15) is 0 Å². The number of benzene rings is 2. The van der Waals surface area contributed by atoms with E-state index >= 15 is 0 Å². The highest BCUT2D eigenvalue weighted by Crippen LogP contribution is 2.28. The van der Waals surface area contributed by atoms with Crippen LogP contribution in [0.5, 0.6) is 0 Å². The molecule has 0 radical (unpaired) electrons. The molecule has 0 spiro atoms. The van der Waals surface area contributed by atoms with Gasteiger partial charge < -0.3 is 35.9 Å². The number of H-pyrrole nitrogens is 1. The molecule has 1 aliphatic rings. The van der Waals surface area contributed by atoms with Crippen molar-refractivity contribution in [2.75, 3.05) is 37.6 Å². The van der Waals surface area contributed by atoms with Crippen molar-refractivity contribution in [2.45, 2.75) is 70.6 Å². The van der Waals surface area contributed by atoms with E-state index in [0.717, 1.165) is 22.2 Å². The molecule has 5 N–H and O–H groups in total. The molecule has 4 rings (SSSR count). The molecular weight excluding hydrogens is 563 g/mol. The van der Waals surface area contributed by atoms with Gasteiger partial charge in [0.1, 0.15) is 23.5 Å². The summed E-state index contributed by atoms with van der Waals surface area (Å²) in [5.74, 6) is -1.72. The van der Waals surface area contributed by atoms with Crippen molar-refractivity contribution < 1.29 is 23.5 Å². The molecule has 3 amide bonds. The van der Waals surface area contributed by atoms with Gasteiger partial charge in [-0.15, -0.1) is 0 Å². The fourth-order valence-electron chi connectivity index (χ4n) is 5.49. The van der Waals surface area contributed by atoms with Gasteiger partial charge in [0.2, 0.25) is 5.91 Å². The molecule has 2 heterocycles. The van der Waals surface area contributed by atoms with Crippen LogP contribution < -0.4 is 21.3 Å². The van der Waals surface area contributed by atoms with E-state index in [1.165, 1.54) is 12.1 Å². The van der Waals surface area contributed by atoms with E-state index in [4.69, 9.17) is 10.5 Å². The normalized spacial score (nSPS) is 15.9. The third-order valence-electron chi connectivity index (χ3n) is 7.89. The number of anilines is 1. The molecule has 3 atom stereocenters. The maximum Gasteiger partial charge on any atom is 0.329 e. The van der Waals surface area contributed by atoms with E-state index in [0.29, 0.717) is 52.0 Å². The Balaban J connectivity index is 1.53. The Kier molecular flexibility index (Phi) is 10.9. The molecule has 1 saturated heterocycles. The predicted molar refractivity (Wildman–Crippen MR) is 170 cm³/mol. The van der Waals surface area contributed by atoms with E-state index in [1.54, 1.807) is 37.8 Å². The molecule has 0 aliphatic carbocycles. The van der Waals surface area contributed by atoms with Gasteiger partial charge in [-0.1, -0.05) is 25.1 Å². The quantitative estimate of drug-likeness (QED) is 0.190. The lowest BCUT2D eigenvalue weighted by atomic mass is 9.92. The number of piperazine rings is 1.